The van der Waals surface area contributed by atoms with Crippen LogP contribution in [0.15, 0.2) is 36.0 Å². The van der Waals surface area contributed by atoms with Gasteiger partial charge < -0.3 is 14.6 Å². The van der Waals surface area contributed by atoms with Gasteiger partial charge in [-0.15, -0.1) is 0 Å². The summed E-state index contributed by atoms with van der Waals surface area (Å²) in [5.74, 6) is -2.06. The number of rotatable bonds is 4. The lowest BCUT2D eigenvalue weighted by molar-refractivity contribution is -0.136. The fraction of sp³-hybridized carbons (Fsp3) is 0.308. The zero-order valence-electron chi connectivity index (χ0n) is 11.5. The van der Waals surface area contributed by atoms with Crippen molar-refractivity contribution < 1.29 is 29.0 Å². The topological polar surface area (TPSA) is 89.9 Å². The molecule has 0 aromatic heterocycles. The maximum atomic E-state index is 10.7. The van der Waals surface area contributed by atoms with E-state index in [0.717, 1.165) is 6.08 Å². The smallest absolute Gasteiger partial charge is 0.337 e. The average molecular weight is 270 g/mol. The zero-order valence-corrected chi connectivity index (χ0v) is 11.5. The number of carboxylic acid groups (broad SMARTS) is 1. The highest BCUT2D eigenvalue weighted by Gasteiger charge is 2.06. The van der Waals surface area contributed by atoms with Gasteiger partial charge in [0.2, 0.25) is 0 Å². The lowest BCUT2D eigenvalue weighted by Gasteiger charge is -1.97. The first-order valence-electron chi connectivity index (χ1n) is 5.10. The second kappa shape index (κ2) is 9.64. The summed E-state index contributed by atoms with van der Waals surface area (Å²) in [6, 6.07) is 0. The highest BCUT2D eigenvalue weighted by molar-refractivity contribution is 5.94. The molecule has 0 aliphatic heterocycles. The van der Waals surface area contributed by atoms with Crippen LogP contribution in [0.1, 0.15) is 13.8 Å². The van der Waals surface area contributed by atoms with Crippen LogP contribution >= 0.6 is 0 Å². The fourth-order valence-corrected chi connectivity index (χ4v) is 0.687. The number of hydrogen-bond donors (Lipinski definition) is 1. The van der Waals surface area contributed by atoms with Crippen molar-refractivity contribution in [2.75, 3.05) is 14.2 Å². The molecule has 0 amide bonds. The van der Waals surface area contributed by atoms with Gasteiger partial charge in [0.25, 0.3) is 0 Å². The van der Waals surface area contributed by atoms with E-state index in [2.05, 4.69) is 22.6 Å². The monoisotopic (exact) mass is 270 g/mol. The predicted octanol–water partition coefficient (Wildman–Crippen LogP) is 1.48. The van der Waals surface area contributed by atoms with E-state index in [4.69, 9.17) is 5.11 Å². The zero-order chi connectivity index (χ0) is 15.6. The van der Waals surface area contributed by atoms with Crippen LogP contribution in [0.3, 0.4) is 0 Å². The third-order valence-electron chi connectivity index (χ3n) is 1.71. The summed E-state index contributed by atoms with van der Waals surface area (Å²) in [4.78, 5) is 31.2. The van der Waals surface area contributed by atoms with Crippen LogP contribution in [0.5, 0.6) is 0 Å². The molecule has 0 saturated heterocycles. The molecule has 0 rings (SSSR count). The van der Waals surface area contributed by atoms with E-state index in [9.17, 15) is 14.4 Å². The summed E-state index contributed by atoms with van der Waals surface area (Å²) in [6.45, 7) is 9.66. The number of carbonyl (C=O) groups is 3. The second-order valence-electron chi connectivity index (χ2n) is 3.42. The van der Waals surface area contributed by atoms with Gasteiger partial charge in [-0.2, -0.15) is 0 Å². The SMILES string of the molecule is C=C(C)C(=O)OC.C=C(C=C(C)C(=O)O)C(=O)OC. The van der Waals surface area contributed by atoms with Crippen LogP contribution < -0.4 is 0 Å². The third-order valence-corrected chi connectivity index (χ3v) is 1.71. The summed E-state index contributed by atoms with van der Waals surface area (Å²) in [5, 5.41) is 8.42. The first-order chi connectivity index (χ1) is 8.67. The Hall–Kier alpha value is -2.37. The van der Waals surface area contributed by atoms with Crippen molar-refractivity contribution in [1.82, 2.24) is 0 Å². The van der Waals surface area contributed by atoms with Crippen LogP contribution in [0, 0.1) is 0 Å². The Morgan fingerprint density at radius 1 is 1.00 bits per heavy atom. The summed E-state index contributed by atoms with van der Waals surface area (Å²) >= 11 is 0. The van der Waals surface area contributed by atoms with Crippen molar-refractivity contribution in [1.29, 1.82) is 0 Å². The van der Waals surface area contributed by atoms with Gasteiger partial charge in [-0.25, -0.2) is 14.4 Å². The molecule has 0 bridgehead atoms. The van der Waals surface area contributed by atoms with Gasteiger partial charge in [-0.1, -0.05) is 13.2 Å². The number of ether oxygens (including phenoxy) is 2. The Bertz CT molecular complexity index is 417. The minimum absolute atomic E-state index is 0.0254. The Balaban J connectivity index is 0. The molecule has 19 heavy (non-hydrogen) atoms. The second-order valence-corrected chi connectivity index (χ2v) is 3.42. The molecular weight excluding hydrogens is 252 g/mol. The maximum absolute atomic E-state index is 10.7. The Kier molecular flexibility index (Phi) is 9.63. The lowest BCUT2D eigenvalue weighted by Crippen LogP contribution is -2.04. The molecule has 0 aromatic carbocycles. The molecule has 106 valence electrons. The molecule has 0 aliphatic rings. The van der Waals surface area contributed by atoms with E-state index in [0.29, 0.717) is 5.57 Å². The van der Waals surface area contributed by atoms with Crippen molar-refractivity contribution >= 4 is 17.9 Å². The molecule has 6 heteroatoms. The number of carboxylic acids is 1. The van der Waals surface area contributed by atoms with Gasteiger partial charge in [0.15, 0.2) is 0 Å². The van der Waals surface area contributed by atoms with E-state index < -0.39 is 11.9 Å². The summed E-state index contributed by atoms with van der Waals surface area (Å²) in [7, 11) is 2.54. The lowest BCUT2D eigenvalue weighted by atomic mass is 10.2. The Morgan fingerprint density at radius 2 is 1.42 bits per heavy atom. The van der Waals surface area contributed by atoms with E-state index in [1.165, 1.54) is 21.1 Å². The molecule has 0 heterocycles. The maximum Gasteiger partial charge on any atom is 0.337 e. The molecular formula is C13H18O6. The van der Waals surface area contributed by atoms with Gasteiger partial charge in [0.05, 0.1) is 19.8 Å². The number of esters is 2. The first kappa shape index (κ1) is 19.0. The standard InChI is InChI=1S/C8H10O4.C5H8O2/c1-5(7(9)10)4-6(2)8(11)12-3;1-4(2)5(6)7-3/h4H,2H2,1,3H3,(H,9,10);1H2,2-3H3. The van der Waals surface area contributed by atoms with Gasteiger partial charge in [0.1, 0.15) is 0 Å². The van der Waals surface area contributed by atoms with Crippen LogP contribution in [-0.4, -0.2) is 37.2 Å². The minimum Gasteiger partial charge on any atom is -0.478 e. The van der Waals surface area contributed by atoms with Crippen LogP contribution in [-0.2, 0) is 23.9 Å². The Morgan fingerprint density at radius 3 is 1.63 bits per heavy atom. The highest BCUT2D eigenvalue weighted by Crippen LogP contribution is 2.01. The number of methoxy groups -OCH3 is 2. The van der Waals surface area contributed by atoms with Gasteiger partial charge >= 0.3 is 17.9 Å². The van der Waals surface area contributed by atoms with Gasteiger partial charge in [-0.3, -0.25) is 0 Å². The Labute approximate surface area is 112 Å². The first-order valence-corrected chi connectivity index (χ1v) is 5.10. The van der Waals surface area contributed by atoms with Crippen LogP contribution in [0.2, 0.25) is 0 Å². The highest BCUT2D eigenvalue weighted by atomic mass is 16.5. The van der Waals surface area contributed by atoms with Crippen molar-refractivity contribution in [3.63, 3.8) is 0 Å². The summed E-state index contributed by atoms with van der Waals surface area (Å²) in [6.07, 6.45) is 1.16. The summed E-state index contributed by atoms with van der Waals surface area (Å²) < 4.78 is 8.59. The molecule has 0 saturated carbocycles. The van der Waals surface area contributed by atoms with E-state index >= 15 is 0 Å². The van der Waals surface area contributed by atoms with Crippen LogP contribution in [0.4, 0.5) is 0 Å². The average Bonchev–Trinajstić information content (AvgIpc) is 2.36. The van der Waals surface area contributed by atoms with E-state index in [1.807, 2.05) is 0 Å². The van der Waals surface area contributed by atoms with Crippen LogP contribution in [0.25, 0.3) is 0 Å². The van der Waals surface area contributed by atoms with Gasteiger partial charge in [-0.05, 0) is 19.9 Å². The van der Waals surface area contributed by atoms with Crippen molar-refractivity contribution in [2.24, 2.45) is 0 Å². The molecule has 0 radical (unpaired) electrons. The van der Waals surface area contributed by atoms with Crippen molar-refractivity contribution in [2.45, 2.75) is 13.8 Å². The molecule has 0 unspecified atom stereocenters. The summed E-state index contributed by atoms with van der Waals surface area (Å²) in [5.41, 5.74) is 0.505. The quantitative estimate of drug-likeness (QED) is 0.473. The molecule has 0 atom stereocenters. The van der Waals surface area contributed by atoms with Crippen molar-refractivity contribution in [3.8, 4) is 0 Å². The molecule has 1 N–H and O–H groups in total. The molecule has 0 aromatic rings. The minimum atomic E-state index is -1.08. The number of hydrogen-bond acceptors (Lipinski definition) is 5. The van der Waals surface area contributed by atoms with Gasteiger partial charge in [0, 0.05) is 11.1 Å². The molecule has 0 fully saturated rings. The third kappa shape index (κ3) is 9.34. The molecule has 0 aliphatic carbocycles. The number of carbonyl (C=O) groups excluding carboxylic acids is 2. The normalized spacial score (nSPS) is 9.58. The molecule has 6 nitrogen and oxygen atoms in total. The molecule has 0 spiro atoms. The largest absolute Gasteiger partial charge is 0.478 e. The number of aliphatic carboxylic acids is 1. The van der Waals surface area contributed by atoms with E-state index in [-0.39, 0.29) is 17.1 Å². The fourth-order valence-electron chi connectivity index (χ4n) is 0.687. The van der Waals surface area contributed by atoms with Crippen molar-refractivity contribution in [3.05, 3.63) is 36.0 Å². The van der Waals surface area contributed by atoms with E-state index in [1.54, 1.807) is 6.92 Å². The predicted molar refractivity (Wildman–Crippen MR) is 69.4 cm³/mol.